The summed E-state index contributed by atoms with van der Waals surface area (Å²) in [5.74, 6) is 1.77. The Morgan fingerprint density at radius 1 is 1.13 bits per heavy atom. The summed E-state index contributed by atoms with van der Waals surface area (Å²) < 4.78 is 36.8. The molecule has 3 saturated heterocycles. The maximum absolute atomic E-state index is 12.9. The first-order chi connectivity index (χ1) is 21.3. The van der Waals surface area contributed by atoms with E-state index in [4.69, 9.17) is 28.4 Å². The van der Waals surface area contributed by atoms with E-state index < -0.39 is 23.0 Å². The summed E-state index contributed by atoms with van der Waals surface area (Å²) in [6, 6.07) is 4.46. The van der Waals surface area contributed by atoms with Gasteiger partial charge in [0.25, 0.3) is 0 Å². The number of likely N-dealkylation sites (tertiary alicyclic amines) is 1. The number of fused-ring (bicyclic) bond motifs is 2. The number of ether oxygens (including phenoxy) is 6. The van der Waals surface area contributed by atoms with Crippen molar-refractivity contribution in [2.45, 2.75) is 98.4 Å². The van der Waals surface area contributed by atoms with Crippen molar-refractivity contribution in [3.63, 3.8) is 0 Å². The van der Waals surface area contributed by atoms with Gasteiger partial charge in [0, 0.05) is 7.11 Å². The van der Waals surface area contributed by atoms with E-state index in [2.05, 4.69) is 38.7 Å². The summed E-state index contributed by atoms with van der Waals surface area (Å²) in [6.07, 6.45) is 4.77. The van der Waals surface area contributed by atoms with Crippen LogP contribution in [-0.2, 0) is 30.8 Å². The molecule has 4 aliphatic heterocycles. The second-order valence-electron chi connectivity index (χ2n) is 15.6. The van der Waals surface area contributed by atoms with Crippen molar-refractivity contribution >= 4 is 6.16 Å². The van der Waals surface area contributed by atoms with Crippen LogP contribution in [-0.4, -0.2) is 101 Å². The predicted octanol–water partition coefficient (Wildman–Crippen LogP) is 1.34. The Kier molecular flexibility index (Phi) is 7.85. The monoisotopic (exact) mass is 740 g/mol. The van der Waals surface area contributed by atoms with E-state index in [9.17, 15) is 9.90 Å². The maximum atomic E-state index is 12.9. The SMILES string of the molecule is COCCOCCOC(=O)Oc1ccc2c3c1O[C@@]1(C)[C@]34CCN(CC3CC3)[C@H](C2)[C@@]42C[C@H]([C@](C)(O)C(C)(C)C)[C@]1(OC)C[I-]2. The Morgan fingerprint density at radius 3 is 2.58 bits per heavy atom. The Hall–Kier alpha value is -1.18. The molecule has 2 saturated carbocycles. The molecule has 8 rings (SSSR count). The summed E-state index contributed by atoms with van der Waals surface area (Å²) >= 11 is -0.337. The average molecular weight is 741 g/mol. The van der Waals surface area contributed by atoms with Crippen molar-refractivity contribution in [2.24, 2.45) is 17.3 Å². The van der Waals surface area contributed by atoms with Gasteiger partial charge in [-0.1, -0.05) is 0 Å². The summed E-state index contributed by atoms with van der Waals surface area (Å²) in [5.41, 5.74) is -0.531. The number of rotatable bonds is 11. The number of benzene rings is 1. The van der Waals surface area contributed by atoms with Crippen LogP contribution in [0.1, 0.15) is 71.4 Å². The van der Waals surface area contributed by atoms with Gasteiger partial charge in [0.1, 0.15) is 0 Å². The van der Waals surface area contributed by atoms with Crippen LogP contribution in [0.2, 0.25) is 0 Å². The molecule has 0 radical (unpaired) electrons. The van der Waals surface area contributed by atoms with E-state index in [0.29, 0.717) is 30.8 Å². The van der Waals surface area contributed by atoms with Gasteiger partial charge in [0.05, 0.1) is 6.61 Å². The Labute approximate surface area is 278 Å². The van der Waals surface area contributed by atoms with Gasteiger partial charge >= 0.3 is 261 Å². The summed E-state index contributed by atoms with van der Waals surface area (Å²) in [7, 11) is 3.45. The molecular formula is C35H51INO8-. The van der Waals surface area contributed by atoms with Crippen LogP contribution in [0.5, 0.6) is 11.5 Å². The minimum atomic E-state index is -0.993. The number of hydrogen-bond acceptors (Lipinski definition) is 9. The molecule has 0 aromatic heterocycles. The third kappa shape index (κ3) is 4.30. The molecule has 0 amide bonds. The molecule has 7 aliphatic rings. The van der Waals surface area contributed by atoms with Crippen molar-refractivity contribution in [1.29, 1.82) is 0 Å². The second kappa shape index (κ2) is 10.9. The molecule has 1 aromatic carbocycles. The Morgan fingerprint density at radius 2 is 1.89 bits per heavy atom. The topological polar surface area (TPSA) is 95.9 Å². The van der Waals surface area contributed by atoms with Crippen molar-refractivity contribution in [2.75, 3.05) is 58.2 Å². The molecule has 1 aromatic rings. The fourth-order valence-corrected chi connectivity index (χ4v) is 16.3. The zero-order chi connectivity index (χ0) is 32.0. The van der Waals surface area contributed by atoms with Crippen LogP contribution < -0.4 is 30.7 Å². The molecule has 0 unspecified atom stereocenters. The van der Waals surface area contributed by atoms with Crippen LogP contribution >= 0.6 is 0 Å². The van der Waals surface area contributed by atoms with Gasteiger partial charge in [-0.15, -0.1) is 0 Å². The number of halogens is 1. The van der Waals surface area contributed by atoms with E-state index in [1.807, 2.05) is 20.1 Å². The Balaban J connectivity index is 1.31. The van der Waals surface area contributed by atoms with Crippen LogP contribution in [0.15, 0.2) is 12.1 Å². The van der Waals surface area contributed by atoms with Crippen molar-refractivity contribution < 1.29 is 59.5 Å². The number of hydrogen-bond donors (Lipinski definition) is 1. The van der Waals surface area contributed by atoms with Gasteiger partial charge in [-0.25, -0.2) is 0 Å². The number of nitrogens with zero attached hydrogens (tertiary/aromatic N) is 1. The number of aliphatic hydroxyl groups is 1. The first kappa shape index (κ1) is 32.4. The molecule has 3 aliphatic carbocycles. The van der Waals surface area contributed by atoms with Crippen LogP contribution in [0.3, 0.4) is 0 Å². The Bertz CT molecular complexity index is 1340. The van der Waals surface area contributed by atoms with E-state index >= 15 is 0 Å². The zero-order valence-corrected chi connectivity index (χ0v) is 30.2. The number of alkyl halides is 2. The minimum absolute atomic E-state index is 0.00484. The molecular weight excluding hydrogens is 689 g/mol. The third-order valence-electron chi connectivity index (χ3n) is 12.8. The molecule has 2 spiro atoms. The first-order valence-corrected chi connectivity index (χ1v) is 19.3. The normalized spacial score (nSPS) is 37.7. The van der Waals surface area contributed by atoms with E-state index in [0.717, 1.165) is 36.2 Å². The van der Waals surface area contributed by atoms with Gasteiger partial charge in [0.2, 0.25) is 0 Å². The fourth-order valence-electron chi connectivity index (χ4n) is 9.88. The van der Waals surface area contributed by atoms with Crippen molar-refractivity contribution in [3.8, 4) is 11.5 Å². The van der Waals surface area contributed by atoms with E-state index in [-0.39, 0.29) is 54.6 Å². The second-order valence-corrected chi connectivity index (χ2v) is 19.0. The van der Waals surface area contributed by atoms with Gasteiger partial charge < -0.3 is 4.74 Å². The predicted molar refractivity (Wildman–Crippen MR) is 164 cm³/mol. The van der Waals surface area contributed by atoms with E-state index in [1.54, 1.807) is 7.11 Å². The molecule has 9 nitrogen and oxygen atoms in total. The molecule has 10 heteroatoms. The number of carbonyl (C=O) groups excluding carboxylic acids is 1. The quantitative estimate of drug-likeness (QED) is 0.119. The van der Waals surface area contributed by atoms with Gasteiger partial charge in [-0.3, -0.25) is 0 Å². The molecule has 45 heavy (non-hydrogen) atoms. The van der Waals surface area contributed by atoms with Gasteiger partial charge in [0.15, 0.2) is 0 Å². The van der Waals surface area contributed by atoms with Crippen LogP contribution in [0.25, 0.3) is 0 Å². The standard InChI is InChI=1S/C35H51INO8/c1-30(2,3)31(4,39)25-19-34-26-18-23-10-11-24(44-29(38)43-17-16-42-15-14-40-6)28-27(23)33(34,12-13-37(26)20-22-8-9-22)32(5,45-28)35(25,41-7)21-36-34/h10-11,22,25-26,39H,8-9,12-21H2,1-7H3/q-1/t25-,26-,31+,32+,33+,34+,35-/m1/s1. The summed E-state index contributed by atoms with van der Waals surface area (Å²) in [6.45, 7) is 14.2. The summed E-state index contributed by atoms with van der Waals surface area (Å²) in [5, 5.41) is 12.5. The molecule has 4 heterocycles. The van der Waals surface area contributed by atoms with Crippen LogP contribution in [0.4, 0.5) is 4.79 Å². The summed E-state index contributed by atoms with van der Waals surface area (Å²) in [4.78, 5) is 15.8. The van der Waals surface area contributed by atoms with Crippen molar-refractivity contribution in [3.05, 3.63) is 23.3 Å². The third-order valence-corrected chi connectivity index (χ3v) is 17.8. The first-order valence-electron chi connectivity index (χ1n) is 16.7. The number of methoxy groups -OCH3 is 2. The average Bonchev–Trinajstić information content (AvgIpc) is 3.76. The molecule has 4 bridgehead atoms. The molecule has 252 valence electrons. The number of piperidine rings is 1. The molecule has 1 N–H and O–H groups in total. The van der Waals surface area contributed by atoms with Crippen molar-refractivity contribution in [1.82, 2.24) is 4.90 Å². The fraction of sp³-hybridized carbons (Fsp3) is 0.800. The van der Waals surface area contributed by atoms with Gasteiger partial charge in [-0.05, 0) is 0 Å². The van der Waals surface area contributed by atoms with Gasteiger partial charge in [-0.2, -0.15) is 0 Å². The van der Waals surface area contributed by atoms with E-state index in [1.165, 1.54) is 30.5 Å². The van der Waals surface area contributed by atoms with Crippen LogP contribution in [0, 0.1) is 17.3 Å². The zero-order valence-electron chi connectivity index (χ0n) is 28.0. The molecule has 7 atom stereocenters. The molecule has 5 fully saturated rings. The number of carbonyl (C=O) groups is 1.